The van der Waals surface area contributed by atoms with E-state index in [4.69, 9.17) is 0 Å². The number of allylic oxidation sites excluding steroid dienone is 1. The number of hydrogen-bond donors (Lipinski definition) is 1. The van der Waals surface area contributed by atoms with Gasteiger partial charge < -0.3 is 5.11 Å². The highest BCUT2D eigenvalue weighted by Crippen LogP contribution is 2.63. The lowest BCUT2D eigenvalue weighted by Gasteiger charge is -2.27. The zero-order valence-electron chi connectivity index (χ0n) is 10.8. The Morgan fingerprint density at radius 1 is 1.28 bits per heavy atom. The Balaban J connectivity index is 2.06. The zero-order chi connectivity index (χ0) is 12.9. The Bertz CT molecular complexity index is 513. The van der Waals surface area contributed by atoms with E-state index in [9.17, 15) is 9.90 Å². The highest BCUT2D eigenvalue weighted by molar-refractivity contribution is 6.02. The Morgan fingerprint density at radius 3 is 2.50 bits per heavy atom. The van der Waals surface area contributed by atoms with Crippen LogP contribution in [0.15, 0.2) is 42.2 Å². The maximum absolute atomic E-state index is 12.2. The molecule has 1 aromatic rings. The molecular weight excluding hydrogens is 224 g/mol. The van der Waals surface area contributed by atoms with Gasteiger partial charge in [-0.3, -0.25) is 4.79 Å². The first-order valence-corrected chi connectivity index (χ1v) is 6.50. The van der Waals surface area contributed by atoms with Gasteiger partial charge in [0.2, 0.25) is 0 Å². The molecule has 0 amide bonds. The van der Waals surface area contributed by atoms with E-state index in [-0.39, 0.29) is 23.0 Å². The van der Waals surface area contributed by atoms with Crippen molar-refractivity contribution >= 4 is 5.78 Å². The number of aliphatic hydroxyl groups is 1. The molecule has 2 fully saturated rings. The molecule has 3 atom stereocenters. The second-order valence-corrected chi connectivity index (χ2v) is 6.05. The average molecular weight is 242 g/mol. The number of benzene rings is 1. The summed E-state index contributed by atoms with van der Waals surface area (Å²) < 4.78 is 0. The summed E-state index contributed by atoms with van der Waals surface area (Å²) in [5.41, 5.74) is 1.88. The number of aliphatic hydroxyl groups excluding tert-OH is 1. The lowest BCUT2D eigenvalue weighted by molar-refractivity contribution is -0.119. The second kappa shape index (κ2) is 3.71. The predicted molar refractivity (Wildman–Crippen MR) is 70.3 cm³/mol. The highest BCUT2D eigenvalue weighted by atomic mass is 16.2. The van der Waals surface area contributed by atoms with Crippen LogP contribution in [0.1, 0.15) is 31.7 Å². The van der Waals surface area contributed by atoms with E-state index >= 15 is 0 Å². The van der Waals surface area contributed by atoms with Crippen molar-refractivity contribution in [1.82, 2.24) is 0 Å². The molecule has 0 radical (unpaired) electrons. The normalized spacial score (nSPS) is 35.3. The van der Waals surface area contributed by atoms with Crippen LogP contribution in [-0.2, 0) is 4.79 Å². The third-order valence-electron chi connectivity index (χ3n) is 4.89. The molecule has 0 saturated heterocycles. The van der Waals surface area contributed by atoms with Crippen molar-refractivity contribution in [3.05, 3.63) is 47.7 Å². The van der Waals surface area contributed by atoms with Crippen molar-refractivity contribution in [2.24, 2.45) is 17.3 Å². The molecule has 2 aliphatic carbocycles. The van der Waals surface area contributed by atoms with E-state index in [0.29, 0.717) is 11.5 Å². The molecular formula is C16H18O2. The molecule has 2 heteroatoms. The van der Waals surface area contributed by atoms with Gasteiger partial charge in [-0.1, -0.05) is 44.2 Å². The molecule has 1 aromatic carbocycles. The van der Waals surface area contributed by atoms with Crippen LogP contribution in [0.5, 0.6) is 0 Å². The van der Waals surface area contributed by atoms with Crippen molar-refractivity contribution in [2.75, 3.05) is 0 Å². The van der Waals surface area contributed by atoms with Gasteiger partial charge in [0.25, 0.3) is 0 Å². The Morgan fingerprint density at radius 2 is 1.94 bits per heavy atom. The minimum absolute atomic E-state index is 0.0356. The van der Waals surface area contributed by atoms with Crippen LogP contribution < -0.4 is 0 Å². The number of hydrogen-bond acceptors (Lipinski definition) is 2. The third-order valence-corrected chi connectivity index (χ3v) is 4.89. The molecule has 2 aliphatic rings. The summed E-state index contributed by atoms with van der Waals surface area (Å²) in [6.07, 6.45) is 1.96. The number of carbonyl (C=O) groups is 1. The monoisotopic (exact) mass is 242 g/mol. The fraction of sp³-hybridized carbons (Fsp3) is 0.438. The Labute approximate surface area is 107 Å². The number of rotatable bonds is 1. The molecule has 0 aromatic heterocycles. The lowest BCUT2D eigenvalue weighted by atomic mass is 9.76. The summed E-state index contributed by atoms with van der Waals surface area (Å²) >= 11 is 0. The molecule has 2 nitrogen and oxygen atoms in total. The van der Waals surface area contributed by atoms with E-state index < -0.39 is 0 Å². The average Bonchev–Trinajstić information content (AvgIpc) is 2.74. The van der Waals surface area contributed by atoms with E-state index in [2.05, 4.69) is 26.0 Å². The first-order chi connectivity index (χ1) is 8.57. The zero-order valence-corrected chi connectivity index (χ0v) is 10.8. The van der Waals surface area contributed by atoms with Crippen LogP contribution in [0.4, 0.5) is 0 Å². The lowest BCUT2D eigenvalue weighted by Crippen LogP contribution is -2.20. The SMILES string of the molecule is CC1(C)C2CC(c3ccccc3)C1/C(=C/O)C2=O. The van der Waals surface area contributed by atoms with Gasteiger partial charge in [0.05, 0.1) is 6.26 Å². The van der Waals surface area contributed by atoms with Crippen molar-refractivity contribution in [2.45, 2.75) is 26.2 Å². The topological polar surface area (TPSA) is 37.3 Å². The maximum Gasteiger partial charge on any atom is 0.165 e. The van der Waals surface area contributed by atoms with Gasteiger partial charge in [-0.25, -0.2) is 0 Å². The van der Waals surface area contributed by atoms with Gasteiger partial charge >= 0.3 is 0 Å². The van der Waals surface area contributed by atoms with Gasteiger partial charge in [0.1, 0.15) is 0 Å². The van der Waals surface area contributed by atoms with E-state index in [1.165, 1.54) is 5.56 Å². The minimum atomic E-state index is -0.0356. The van der Waals surface area contributed by atoms with Crippen LogP contribution in [0, 0.1) is 17.3 Å². The van der Waals surface area contributed by atoms with E-state index in [1.807, 2.05) is 18.2 Å². The predicted octanol–water partition coefficient (Wildman–Crippen LogP) is 3.46. The van der Waals surface area contributed by atoms with Crippen LogP contribution in [0.25, 0.3) is 0 Å². The van der Waals surface area contributed by atoms with Crippen LogP contribution in [0.2, 0.25) is 0 Å². The minimum Gasteiger partial charge on any atom is -0.515 e. The number of fused-ring (bicyclic) bond motifs is 2. The first kappa shape index (κ1) is 11.5. The summed E-state index contributed by atoms with van der Waals surface area (Å²) in [6, 6.07) is 10.3. The molecule has 3 rings (SSSR count). The second-order valence-electron chi connectivity index (χ2n) is 6.05. The smallest absolute Gasteiger partial charge is 0.165 e. The summed E-state index contributed by atoms with van der Waals surface area (Å²) in [6.45, 7) is 4.30. The van der Waals surface area contributed by atoms with Crippen LogP contribution >= 0.6 is 0 Å². The van der Waals surface area contributed by atoms with Gasteiger partial charge in [0.15, 0.2) is 5.78 Å². The van der Waals surface area contributed by atoms with Crippen molar-refractivity contribution in [3.8, 4) is 0 Å². The largest absolute Gasteiger partial charge is 0.515 e. The quantitative estimate of drug-likeness (QED) is 0.605. The Kier molecular flexibility index (Phi) is 2.37. The molecule has 3 unspecified atom stereocenters. The molecule has 94 valence electrons. The van der Waals surface area contributed by atoms with Gasteiger partial charge in [0, 0.05) is 17.4 Å². The summed E-state index contributed by atoms with van der Waals surface area (Å²) in [5.74, 6) is 0.732. The third kappa shape index (κ3) is 1.32. The molecule has 1 N–H and O–H groups in total. The molecule has 0 aliphatic heterocycles. The van der Waals surface area contributed by atoms with Crippen LogP contribution in [-0.4, -0.2) is 10.9 Å². The van der Waals surface area contributed by atoms with E-state index in [0.717, 1.165) is 12.7 Å². The molecule has 2 bridgehead atoms. The molecule has 18 heavy (non-hydrogen) atoms. The van der Waals surface area contributed by atoms with E-state index in [1.54, 1.807) is 0 Å². The first-order valence-electron chi connectivity index (χ1n) is 6.50. The number of Topliss-reactive ketones (excluding diaryl/α,β-unsaturated/α-hetero) is 1. The number of ketones is 1. The standard InChI is InChI=1S/C16H18O2/c1-16(2)13-8-11(10-6-4-3-5-7-10)14(16)12(9-17)15(13)18/h3-7,9,11,13-14,17H,8H2,1-2H3/b12-9-. The van der Waals surface area contributed by atoms with Crippen molar-refractivity contribution in [1.29, 1.82) is 0 Å². The maximum atomic E-state index is 12.2. The molecule has 0 heterocycles. The van der Waals surface area contributed by atoms with Gasteiger partial charge in [-0.2, -0.15) is 0 Å². The van der Waals surface area contributed by atoms with Gasteiger partial charge in [-0.05, 0) is 23.3 Å². The summed E-state index contributed by atoms with van der Waals surface area (Å²) in [4.78, 5) is 12.2. The van der Waals surface area contributed by atoms with Crippen LogP contribution in [0.3, 0.4) is 0 Å². The van der Waals surface area contributed by atoms with Crippen molar-refractivity contribution in [3.63, 3.8) is 0 Å². The molecule has 2 saturated carbocycles. The highest BCUT2D eigenvalue weighted by Gasteiger charge is 2.61. The summed E-state index contributed by atoms with van der Waals surface area (Å²) in [7, 11) is 0. The fourth-order valence-corrected chi connectivity index (χ4v) is 4.02. The number of carbonyl (C=O) groups excluding carboxylic acids is 1. The Hall–Kier alpha value is -1.57. The van der Waals surface area contributed by atoms with Crippen molar-refractivity contribution < 1.29 is 9.90 Å². The fourth-order valence-electron chi connectivity index (χ4n) is 4.02. The van der Waals surface area contributed by atoms with Gasteiger partial charge in [-0.15, -0.1) is 0 Å². The summed E-state index contributed by atoms with van der Waals surface area (Å²) in [5, 5.41) is 9.37. The molecule has 0 spiro atoms.